The first-order chi connectivity index (χ1) is 14.4. The molecule has 1 N–H and O–H groups in total. The Bertz CT molecular complexity index is 969. The van der Waals surface area contributed by atoms with Crippen LogP contribution in [0, 0.1) is 0 Å². The van der Waals surface area contributed by atoms with Gasteiger partial charge in [0.15, 0.2) is 11.5 Å². The van der Waals surface area contributed by atoms with Gasteiger partial charge in [0.25, 0.3) is 11.7 Å². The number of methoxy groups -OCH3 is 2. The summed E-state index contributed by atoms with van der Waals surface area (Å²) in [4.78, 5) is 29.4. The van der Waals surface area contributed by atoms with Gasteiger partial charge in [-0.3, -0.25) is 9.59 Å². The predicted octanol–water partition coefficient (Wildman–Crippen LogP) is 2.69. The van der Waals surface area contributed by atoms with E-state index in [0.29, 0.717) is 35.7 Å². The molecule has 30 heavy (non-hydrogen) atoms. The van der Waals surface area contributed by atoms with Crippen molar-refractivity contribution in [1.29, 1.82) is 0 Å². The van der Waals surface area contributed by atoms with Crippen molar-refractivity contribution in [2.75, 3.05) is 41.4 Å². The Kier molecular flexibility index (Phi) is 6.42. The van der Waals surface area contributed by atoms with Crippen LogP contribution in [0.1, 0.15) is 17.2 Å². The highest BCUT2D eigenvalue weighted by molar-refractivity contribution is 6.46. The zero-order valence-electron chi connectivity index (χ0n) is 17.6. The van der Waals surface area contributed by atoms with Crippen molar-refractivity contribution >= 4 is 17.4 Å². The SMILES string of the molecule is COc1cccc([C@H]2/C(=C(\O)c3ccccc3)C(=O)C(=O)N2CCN(C)C)c1OC. The zero-order valence-corrected chi connectivity index (χ0v) is 17.6. The molecule has 158 valence electrons. The molecule has 1 aliphatic rings. The van der Waals surface area contributed by atoms with Gasteiger partial charge in [-0.1, -0.05) is 42.5 Å². The van der Waals surface area contributed by atoms with E-state index in [4.69, 9.17) is 9.47 Å². The molecule has 0 unspecified atom stereocenters. The molecular formula is C23H26N2O5. The molecule has 1 atom stereocenters. The minimum atomic E-state index is -0.796. The molecule has 2 aromatic carbocycles. The summed E-state index contributed by atoms with van der Waals surface area (Å²) in [6.07, 6.45) is 0. The number of nitrogens with zero attached hydrogens (tertiary/aromatic N) is 2. The van der Waals surface area contributed by atoms with Crippen molar-refractivity contribution < 1.29 is 24.2 Å². The number of likely N-dealkylation sites (tertiary alicyclic amines) is 1. The summed E-state index contributed by atoms with van der Waals surface area (Å²) >= 11 is 0. The topological polar surface area (TPSA) is 79.3 Å². The molecule has 0 bridgehead atoms. The maximum atomic E-state index is 13.0. The number of carbonyl (C=O) groups excluding carboxylic acids is 2. The lowest BCUT2D eigenvalue weighted by Crippen LogP contribution is -2.35. The van der Waals surface area contributed by atoms with E-state index in [2.05, 4.69) is 0 Å². The number of benzene rings is 2. The van der Waals surface area contributed by atoms with Gasteiger partial charge < -0.3 is 24.4 Å². The number of para-hydroxylation sites is 1. The monoisotopic (exact) mass is 410 g/mol. The first kappa shape index (κ1) is 21.4. The Hall–Kier alpha value is -3.32. The Morgan fingerprint density at radius 1 is 1.03 bits per heavy atom. The number of Topliss-reactive ketones (excluding diaryl/α,β-unsaturated/α-hetero) is 1. The second kappa shape index (κ2) is 9.00. The van der Waals surface area contributed by atoms with Crippen LogP contribution in [0.25, 0.3) is 5.76 Å². The van der Waals surface area contributed by atoms with E-state index in [9.17, 15) is 14.7 Å². The maximum Gasteiger partial charge on any atom is 0.295 e. The number of hydrogen-bond donors (Lipinski definition) is 1. The van der Waals surface area contributed by atoms with Crippen molar-refractivity contribution in [3.05, 3.63) is 65.2 Å². The molecule has 1 saturated heterocycles. The summed E-state index contributed by atoms with van der Waals surface area (Å²) in [6.45, 7) is 0.870. The van der Waals surface area contributed by atoms with E-state index in [1.54, 1.807) is 42.5 Å². The Morgan fingerprint density at radius 2 is 1.73 bits per heavy atom. The Labute approximate surface area is 176 Å². The molecule has 7 heteroatoms. The lowest BCUT2D eigenvalue weighted by atomic mass is 9.94. The van der Waals surface area contributed by atoms with Gasteiger partial charge in [-0.25, -0.2) is 0 Å². The van der Waals surface area contributed by atoms with Gasteiger partial charge in [-0.05, 0) is 20.2 Å². The molecule has 0 saturated carbocycles. The fourth-order valence-corrected chi connectivity index (χ4v) is 3.62. The van der Waals surface area contributed by atoms with Gasteiger partial charge in [0.1, 0.15) is 5.76 Å². The number of likely N-dealkylation sites (N-methyl/N-ethyl adjacent to an activating group) is 1. The minimum Gasteiger partial charge on any atom is -0.507 e. The van der Waals surface area contributed by atoms with Crippen molar-refractivity contribution in [2.45, 2.75) is 6.04 Å². The average molecular weight is 410 g/mol. The second-order valence-electron chi connectivity index (χ2n) is 7.24. The highest BCUT2D eigenvalue weighted by atomic mass is 16.5. The third-order valence-corrected chi connectivity index (χ3v) is 5.10. The van der Waals surface area contributed by atoms with E-state index in [1.807, 2.05) is 25.1 Å². The van der Waals surface area contributed by atoms with E-state index < -0.39 is 17.7 Å². The van der Waals surface area contributed by atoms with Gasteiger partial charge >= 0.3 is 0 Å². The van der Waals surface area contributed by atoms with Gasteiger partial charge in [-0.2, -0.15) is 0 Å². The molecule has 0 aliphatic carbocycles. The minimum absolute atomic E-state index is 0.0384. The third kappa shape index (κ3) is 3.89. The molecule has 2 aromatic rings. The number of carbonyl (C=O) groups is 2. The van der Waals surface area contributed by atoms with E-state index in [0.717, 1.165) is 0 Å². The molecule has 1 heterocycles. The second-order valence-corrected chi connectivity index (χ2v) is 7.24. The van der Waals surface area contributed by atoms with Crippen LogP contribution < -0.4 is 9.47 Å². The number of aliphatic hydroxyl groups excluding tert-OH is 1. The summed E-state index contributed by atoms with van der Waals surface area (Å²) in [7, 11) is 6.81. The predicted molar refractivity (Wildman–Crippen MR) is 114 cm³/mol. The Morgan fingerprint density at radius 3 is 2.33 bits per heavy atom. The van der Waals surface area contributed by atoms with Crippen LogP contribution in [0.5, 0.6) is 11.5 Å². The van der Waals surface area contributed by atoms with Gasteiger partial charge in [-0.15, -0.1) is 0 Å². The Balaban J connectivity index is 2.23. The number of aliphatic hydroxyl groups is 1. The van der Waals surface area contributed by atoms with Gasteiger partial charge in [0.2, 0.25) is 0 Å². The lowest BCUT2D eigenvalue weighted by Gasteiger charge is -2.28. The summed E-state index contributed by atoms with van der Waals surface area (Å²) in [5.74, 6) is -0.681. The van der Waals surface area contributed by atoms with Crippen LogP contribution in [-0.4, -0.2) is 68.0 Å². The van der Waals surface area contributed by atoms with Crippen molar-refractivity contribution in [2.24, 2.45) is 0 Å². The average Bonchev–Trinajstić information content (AvgIpc) is 3.01. The van der Waals surface area contributed by atoms with Crippen LogP contribution in [-0.2, 0) is 9.59 Å². The van der Waals surface area contributed by atoms with E-state index in [-0.39, 0.29) is 11.3 Å². The van der Waals surface area contributed by atoms with Crippen molar-refractivity contribution in [1.82, 2.24) is 9.80 Å². The summed E-state index contributed by atoms with van der Waals surface area (Å²) in [6, 6.07) is 13.2. The van der Waals surface area contributed by atoms with Crippen LogP contribution >= 0.6 is 0 Å². The fourth-order valence-electron chi connectivity index (χ4n) is 3.62. The van der Waals surface area contributed by atoms with Crippen LogP contribution in [0.3, 0.4) is 0 Å². The molecule has 1 fully saturated rings. The molecule has 1 aliphatic heterocycles. The zero-order chi connectivity index (χ0) is 21.8. The molecule has 1 amide bonds. The number of ether oxygens (including phenoxy) is 2. The quantitative estimate of drug-likeness (QED) is 0.430. The fraction of sp³-hybridized carbons (Fsp3) is 0.304. The smallest absolute Gasteiger partial charge is 0.295 e. The summed E-state index contributed by atoms with van der Waals surface area (Å²) in [5.41, 5.74) is 1.08. The first-order valence-corrected chi connectivity index (χ1v) is 9.60. The van der Waals surface area contributed by atoms with Crippen molar-refractivity contribution in [3.63, 3.8) is 0 Å². The highest BCUT2D eigenvalue weighted by Gasteiger charge is 2.47. The molecule has 0 radical (unpaired) electrons. The lowest BCUT2D eigenvalue weighted by molar-refractivity contribution is -0.140. The highest BCUT2D eigenvalue weighted by Crippen LogP contribution is 2.45. The number of hydrogen-bond acceptors (Lipinski definition) is 6. The van der Waals surface area contributed by atoms with Crippen LogP contribution in [0.4, 0.5) is 0 Å². The standard InChI is InChI=1S/C23H26N2O5/c1-24(2)13-14-25-19(16-11-8-12-17(29-3)22(16)30-4)18(21(27)23(25)28)20(26)15-9-6-5-7-10-15/h5-12,19,26H,13-14H2,1-4H3/b20-18+/t19-/m0/s1. The summed E-state index contributed by atoms with van der Waals surface area (Å²) in [5, 5.41) is 11.0. The molecular weight excluding hydrogens is 384 g/mol. The molecule has 0 spiro atoms. The molecule has 0 aromatic heterocycles. The van der Waals surface area contributed by atoms with E-state index >= 15 is 0 Å². The number of rotatable bonds is 7. The maximum absolute atomic E-state index is 13.0. The van der Waals surface area contributed by atoms with E-state index in [1.165, 1.54) is 19.1 Å². The number of amides is 1. The first-order valence-electron chi connectivity index (χ1n) is 9.60. The largest absolute Gasteiger partial charge is 0.507 e. The third-order valence-electron chi connectivity index (χ3n) is 5.10. The molecule has 3 rings (SSSR count). The normalized spacial score (nSPS) is 18.2. The number of ketones is 1. The van der Waals surface area contributed by atoms with Crippen LogP contribution in [0.2, 0.25) is 0 Å². The van der Waals surface area contributed by atoms with Crippen LogP contribution in [0.15, 0.2) is 54.1 Å². The summed E-state index contributed by atoms with van der Waals surface area (Å²) < 4.78 is 11.0. The van der Waals surface area contributed by atoms with Gasteiger partial charge in [0.05, 0.1) is 25.8 Å². The van der Waals surface area contributed by atoms with Crippen molar-refractivity contribution in [3.8, 4) is 11.5 Å². The molecule has 7 nitrogen and oxygen atoms in total. The van der Waals surface area contributed by atoms with Gasteiger partial charge in [0, 0.05) is 24.2 Å².